The van der Waals surface area contributed by atoms with Gasteiger partial charge in [-0.15, -0.1) is 23.7 Å². The fraction of sp³-hybridized carbons (Fsp3) is 0.727. The van der Waals surface area contributed by atoms with Crippen molar-refractivity contribution in [2.45, 2.75) is 37.9 Å². The van der Waals surface area contributed by atoms with E-state index >= 15 is 0 Å². The summed E-state index contributed by atoms with van der Waals surface area (Å²) in [6.45, 7) is 3.42. The molecule has 2 fully saturated rings. The van der Waals surface area contributed by atoms with Crippen LogP contribution in [0.1, 0.15) is 24.3 Å². The summed E-state index contributed by atoms with van der Waals surface area (Å²) in [5.74, 6) is 0. The highest BCUT2D eigenvalue weighted by atomic mass is 35.5. The van der Waals surface area contributed by atoms with E-state index in [9.17, 15) is 0 Å². The molecule has 0 amide bonds. The molecule has 0 aliphatic carbocycles. The Morgan fingerprint density at radius 3 is 3.06 bits per heavy atom. The zero-order chi connectivity index (χ0) is 10.1. The van der Waals surface area contributed by atoms with Gasteiger partial charge in [0.1, 0.15) is 5.01 Å². The molecule has 1 N–H and O–H groups in total. The Hall–Kier alpha value is -0.160. The number of nitrogens with one attached hydrogen (secondary N) is 1. The highest BCUT2D eigenvalue weighted by molar-refractivity contribution is 7.09. The van der Waals surface area contributed by atoms with Crippen LogP contribution < -0.4 is 5.32 Å². The molecule has 2 saturated heterocycles. The molecule has 3 heterocycles. The highest BCUT2D eigenvalue weighted by Crippen LogP contribution is 2.29. The van der Waals surface area contributed by atoms with Crippen molar-refractivity contribution < 1.29 is 0 Å². The largest absolute Gasteiger partial charge is 0.315 e. The van der Waals surface area contributed by atoms with E-state index in [1.807, 2.05) is 6.20 Å². The van der Waals surface area contributed by atoms with Gasteiger partial charge in [-0.3, -0.25) is 4.90 Å². The highest BCUT2D eigenvalue weighted by Gasteiger charge is 2.34. The Bertz CT molecular complexity index is 303. The molecule has 1 aromatic heterocycles. The van der Waals surface area contributed by atoms with Gasteiger partial charge in [-0.1, -0.05) is 0 Å². The molecule has 1 aromatic rings. The predicted molar refractivity (Wildman–Crippen MR) is 69.2 cm³/mol. The molecule has 3 rings (SSSR count). The third kappa shape index (κ3) is 2.40. The Morgan fingerprint density at radius 1 is 1.38 bits per heavy atom. The first kappa shape index (κ1) is 12.3. The van der Waals surface area contributed by atoms with Gasteiger partial charge in [0, 0.05) is 30.2 Å². The lowest BCUT2D eigenvalue weighted by Gasteiger charge is -2.26. The van der Waals surface area contributed by atoms with Crippen molar-refractivity contribution in [3.63, 3.8) is 0 Å². The molecule has 3 nitrogen and oxygen atoms in total. The van der Waals surface area contributed by atoms with Crippen LogP contribution in [0.15, 0.2) is 11.6 Å². The minimum atomic E-state index is 0. The van der Waals surface area contributed by atoms with Crippen LogP contribution >= 0.6 is 23.7 Å². The second-order valence-corrected chi connectivity index (χ2v) is 5.46. The summed E-state index contributed by atoms with van der Waals surface area (Å²) in [6, 6.07) is 1.55. The Labute approximate surface area is 107 Å². The molecule has 5 heteroatoms. The smallest absolute Gasteiger partial charge is 0.107 e. The summed E-state index contributed by atoms with van der Waals surface area (Å²) in [5.41, 5.74) is 0. The van der Waals surface area contributed by atoms with Crippen molar-refractivity contribution >= 4 is 23.7 Å². The molecule has 0 radical (unpaired) electrons. The number of nitrogens with zero attached hydrogens (tertiary/aromatic N) is 2. The topological polar surface area (TPSA) is 28.2 Å². The lowest BCUT2D eigenvalue weighted by atomic mass is 10.1. The van der Waals surface area contributed by atoms with Gasteiger partial charge in [0.15, 0.2) is 0 Å². The number of hydrogen-bond acceptors (Lipinski definition) is 4. The summed E-state index contributed by atoms with van der Waals surface area (Å²) in [4.78, 5) is 7.06. The van der Waals surface area contributed by atoms with E-state index in [4.69, 9.17) is 0 Å². The van der Waals surface area contributed by atoms with Crippen LogP contribution in [0.25, 0.3) is 0 Å². The molecular weight excluding hydrogens is 242 g/mol. The third-order valence-corrected chi connectivity index (χ3v) is 4.37. The van der Waals surface area contributed by atoms with Gasteiger partial charge in [-0.05, 0) is 25.8 Å². The van der Waals surface area contributed by atoms with Crippen LogP contribution in [0.3, 0.4) is 0 Å². The van der Waals surface area contributed by atoms with Crippen molar-refractivity contribution in [1.29, 1.82) is 0 Å². The quantitative estimate of drug-likeness (QED) is 0.879. The second-order valence-electron chi connectivity index (χ2n) is 4.48. The average Bonchev–Trinajstić information content (AvgIpc) is 2.76. The van der Waals surface area contributed by atoms with Gasteiger partial charge in [0.2, 0.25) is 0 Å². The van der Waals surface area contributed by atoms with E-state index in [0.29, 0.717) is 0 Å². The van der Waals surface area contributed by atoms with E-state index in [-0.39, 0.29) is 12.4 Å². The summed E-state index contributed by atoms with van der Waals surface area (Å²) in [5, 5.41) is 6.88. The van der Waals surface area contributed by atoms with Gasteiger partial charge < -0.3 is 5.32 Å². The molecule has 2 aliphatic rings. The molecule has 16 heavy (non-hydrogen) atoms. The Balaban J connectivity index is 0.000000963. The van der Waals surface area contributed by atoms with Crippen LogP contribution in [-0.2, 0) is 6.54 Å². The minimum Gasteiger partial charge on any atom is -0.315 e. The van der Waals surface area contributed by atoms with E-state index in [2.05, 4.69) is 20.6 Å². The summed E-state index contributed by atoms with van der Waals surface area (Å²) >= 11 is 1.78. The first-order valence-corrected chi connectivity index (χ1v) is 6.66. The number of halogens is 1. The van der Waals surface area contributed by atoms with Crippen LogP contribution in [-0.4, -0.2) is 35.1 Å². The maximum absolute atomic E-state index is 4.39. The normalized spacial score (nSPS) is 29.8. The molecule has 2 bridgehead atoms. The van der Waals surface area contributed by atoms with Crippen LogP contribution in [0.5, 0.6) is 0 Å². The van der Waals surface area contributed by atoms with Gasteiger partial charge in [0.05, 0.1) is 6.54 Å². The number of hydrogen-bond donors (Lipinski definition) is 1. The van der Waals surface area contributed by atoms with Crippen molar-refractivity contribution in [2.24, 2.45) is 0 Å². The van der Waals surface area contributed by atoms with Gasteiger partial charge in [-0.25, -0.2) is 4.98 Å². The number of aromatic nitrogens is 1. The maximum Gasteiger partial charge on any atom is 0.107 e. The maximum atomic E-state index is 4.39. The standard InChI is InChI=1S/C11H17N3S.ClH/c1-2-10-7-12-4-3-9(1)14(10)8-11-13-5-6-15-11;/h5-6,9-10,12H,1-4,7-8H2;1H. The third-order valence-electron chi connectivity index (χ3n) is 3.61. The van der Waals surface area contributed by atoms with Gasteiger partial charge in [-0.2, -0.15) is 0 Å². The van der Waals surface area contributed by atoms with Crippen LogP contribution in [0.2, 0.25) is 0 Å². The van der Waals surface area contributed by atoms with E-state index in [0.717, 1.165) is 18.6 Å². The molecule has 2 atom stereocenters. The Morgan fingerprint density at radius 2 is 2.25 bits per heavy atom. The summed E-state index contributed by atoms with van der Waals surface area (Å²) < 4.78 is 0. The molecule has 0 spiro atoms. The van der Waals surface area contributed by atoms with E-state index in [1.54, 1.807) is 11.3 Å². The summed E-state index contributed by atoms with van der Waals surface area (Å²) in [6.07, 6.45) is 5.97. The van der Waals surface area contributed by atoms with E-state index in [1.165, 1.54) is 37.4 Å². The number of fused-ring (bicyclic) bond motifs is 2. The first-order chi connectivity index (χ1) is 7.43. The SMILES string of the molecule is Cl.c1csc(CN2C3CCNCC2CC3)n1. The van der Waals surface area contributed by atoms with Crippen molar-refractivity contribution in [3.8, 4) is 0 Å². The molecule has 2 aliphatic heterocycles. The van der Waals surface area contributed by atoms with Gasteiger partial charge in [0.25, 0.3) is 0 Å². The fourth-order valence-corrected chi connectivity index (χ4v) is 3.45. The predicted octanol–water partition coefficient (Wildman–Crippen LogP) is 1.89. The molecule has 0 aromatic carbocycles. The van der Waals surface area contributed by atoms with Crippen LogP contribution in [0, 0.1) is 0 Å². The van der Waals surface area contributed by atoms with Gasteiger partial charge >= 0.3 is 0 Å². The molecule has 2 unspecified atom stereocenters. The average molecular weight is 260 g/mol. The second kappa shape index (κ2) is 5.45. The Kier molecular flexibility index (Phi) is 4.19. The van der Waals surface area contributed by atoms with Crippen molar-refractivity contribution in [2.75, 3.05) is 13.1 Å². The number of rotatable bonds is 2. The monoisotopic (exact) mass is 259 g/mol. The van der Waals surface area contributed by atoms with E-state index < -0.39 is 0 Å². The summed E-state index contributed by atoms with van der Waals surface area (Å²) in [7, 11) is 0. The lowest BCUT2D eigenvalue weighted by Crippen LogP contribution is -2.37. The molecule has 90 valence electrons. The minimum absolute atomic E-state index is 0. The zero-order valence-electron chi connectivity index (χ0n) is 9.26. The lowest BCUT2D eigenvalue weighted by molar-refractivity contribution is 0.193. The number of thiazole rings is 1. The van der Waals surface area contributed by atoms with Crippen molar-refractivity contribution in [1.82, 2.24) is 15.2 Å². The molecule has 0 saturated carbocycles. The van der Waals surface area contributed by atoms with Crippen LogP contribution in [0.4, 0.5) is 0 Å². The zero-order valence-corrected chi connectivity index (χ0v) is 10.9. The fourth-order valence-electron chi connectivity index (χ4n) is 2.83. The first-order valence-electron chi connectivity index (χ1n) is 5.78. The van der Waals surface area contributed by atoms with Crippen molar-refractivity contribution in [3.05, 3.63) is 16.6 Å². The molecular formula is C11H18ClN3S.